The van der Waals surface area contributed by atoms with Gasteiger partial charge in [-0.05, 0) is 29.8 Å². The third-order valence-corrected chi connectivity index (χ3v) is 5.99. The molecule has 1 fully saturated rings. The quantitative estimate of drug-likeness (QED) is 0.420. The van der Waals surface area contributed by atoms with Gasteiger partial charge in [0.15, 0.2) is 11.5 Å². The van der Waals surface area contributed by atoms with Crippen molar-refractivity contribution in [2.45, 2.75) is 11.4 Å². The standard InChI is InChI=1S/C22H17Cl2N5O4/c1-28-20(31)14(10-25)18(11-3-6-13(23)7-4-11)26-22(28)27-29-19(17(24)21(29)32)12-5-8-15(30)16(9-12)33-2/h3-9,17,19,30H,1-2H3,(H,26,27). The predicted molar refractivity (Wildman–Crippen MR) is 122 cm³/mol. The molecule has 2 unspecified atom stereocenters. The smallest absolute Gasteiger partial charge is 0.273 e. The summed E-state index contributed by atoms with van der Waals surface area (Å²) in [5.41, 5.74) is 3.40. The van der Waals surface area contributed by atoms with Crippen molar-refractivity contribution in [1.29, 1.82) is 5.26 Å². The Morgan fingerprint density at radius 3 is 2.55 bits per heavy atom. The number of nitrogens with zero attached hydrogens (tertiary/aromatic N) is 4. The SMILES string of the molecule is COc1cc(C2C(Cl)C(=O)N2Nc2nc(-c3ccc(Cl)cc3)c(C#N)c(=O)n2C)ccc1O. The fourth-order valence-corrected chi connectivity index (χ4v) is 3.99. The van der Waals surface area contributed by atoms with E-state index in [2.05, 4.69) is 10.4 Å². The van der Waals surface area contributed by atoms with Gasteiger partial charge in [-0.2, -0.15) is 5.26 Å². The van der Waals surface area contributed by atoms with E-state index >= 15 is 0 Å². The first kappa shape index (κ1) is 22.5. The number of carbonyl (C=O) groups is 1. The predicted octanol–water partition coefficient (Wildman–Crippen LogP) is 3.20. The second kappa shape index (κ2) is 8.65. The van der Waals surface area contributed by atoms with Crippen LogP contribution in [0.25, 0.3) is 11.3 Å². The van der Waals surface area contributed by atoms with E-state index in [0.717, 1.165) is 4.57 Å². The zero-order valence-corrected chi connectivity index (χ0v) is 18.9. The van der Waals surface area contributed by atoms with Gasteiger partial charge in [0.05, 0.1) is 12.8 Å². The minimum absolute atomic E-state index is 0.0385. The number of nitrogens with one attached hydrogen (secondary N) is 1. The molecular weight excluding hydrogens is 469 g/mol. The number of benzene rings is 2. The van der Waals surface area contributed by atoms with Gasteiger partial charge in [-0.15, -0.1) is 11.6 Å². The minimum Gasteiger partial charge on any atom is -0.504 e. The van der Waals surface area contributed by atoms with Crippen molar-refractivity contribution in [1.82, 2.24) is 14.6 Å². The molecule has 2 heterocycles. The number of methoxy groups -OCH3 is 1. The zero-order chi connectivity index (χ0) is 23.9. The molecule has 1 amide bonds. The maximum atomic E-state index is 12.8. The summed E-state index contributed by atoms with van der Waals surface area (Å²) in [7, 11) is 2.85. The van der Waals surface area contributed by atoms with Crippen LogP contribution in [0.4, 0.5) is 5.95 Å². The van der Waals surface area contributed by atoms with Crippen LogP contribution in [0.3, 0.4) is 0 Å². The number of ether oxygens (including phenoxy) is 1. The summed E-state index contributed by atoms with van der Waals surface area (Å²) < 4.78 is 6.28. The van der Waals surface area contributed by atoms with Crippen LogP contribution >= 0.6 is 23.2 Å². The van der Waals surface area contributed by atoms with E-state index in [1.807, 2.05) is 6.07 Å². The number of β-lactam (4-membered cyclic amide) rings is 1. The maximum Gasteiger partial charge on any atom is 0.273 e. The van der Waals surface area contributed by atoms with Crippen molar-refractivity contribution in [2.75, 3.05) is 12.5 Å². The number of hydrogen-bond acceptors (Lipinski definition) is 7. The Labute approximate surface area is 198 Å². The van der Waals surface area contributed by atoms with E-state index in [0.29, 0.717) is 16.1 Å². The van der Waals surface area contributed by atoms with E-state index < -0.39 is 22.9 Å². The fraction of sp³-hybridized carbons (Fsp3) is 0.182. The summed E-state index contributed by atoms with van der Waals surface area (Å²) in [5.74, 6) is -0.220. The number of anilines is 1. The number of phenols is 1. The molecule has 2 aromatic carbocycles. The Kier molecular flexibility index (Phi) is 5.89. The number of halogens is 2. The van der Waals surface area contributed by atoms with Gasteiger partial charge >= 0.3 is 0 Å². The molecule has 1 aliphatic rings. The van der Waals surface area contributed by atoms with Gasteiger partial charge in [-0.1, -0.05) is 29.8 Å². The second-order valence-electron chi connectivity index (χ2n) is 7.24. The van der Waals surface area contributed by atoms with E-state index in [4.69, 9.17) is 27.9 Å². The molecule has 11 heteroatoms. The van der Waals surface area contributed by atoms with E-state index in [9.17, 15) is 20.0 Å². The number of aromatic hydroxyl groups is 1. The molecule has 0 bridgehead atoms. The van der Waals surface area contributed by atoms with Crippen LogP contribution < -0.4 is 15.7 Å². The summed E-state index contributed by atoms with van der Waals surface area (Å²) in [6.07, 6.45) is 0. The van der Waals surface area contributed by atoms with Gasteiger partial charge in [0, 0.05) is 17.6 Å². The van der Waals surface area contributed by atoms with Crippen LogP contribution in [-0.2, 0) is 11.8 Å². The summed E-state index contributed by atoms with van der Waals surface area (Å²) in [5, 5.41) is 20.3. The molecule has 2 N–H and O–H groups in total. The highest BCUT2D eigenvalue weighted by molar-refractivity contribution is 6.33. The number of hydrogen-bond donors (Lipinski definition) is 2. The highest BCUT2D eigenvalue weighted by Gasteiger charge is 2.48. The van der Waals surface area contributed by atoms with Crippen LogP contribution in [0.5, 0.6) is 11.5 Å². The summed E-state index contributed by atoms with van der Waals surface area (Å²) in [4.78, 5) is 29.8. The number of amides is 1. The lowest BCUT2D eigenvalue weighted by atomic mass is 9.95. The molecule has 33 heavy (non-hydrogen) atoms. The van der Waals surface area contributed by atoms with Crippen molar-refractivity contribution in [3.63, 3.8) is 0 Å². The second-order valence-corrected chi connectivity index (χ2v) is 8.15. The average Bonchev–Trinajstić information content (AvgIpc) is 2.82. The maximum absolute atomic E-state index is 12.8. The Morgan fingerprint density at radius 1 is 1.21 bits per heavy atom. The van der Waals surface area contributed by atoms with Crippen molar-refractivity contribution in [2.24, 2.45) is 7.05 Å². The number of alkyl halides is 1. The molecule has 0 radical (unpaired) electrons. The van der Waals surface area contributed by atoms with Crippen molar-refractivity contribution >= 4 is 35.1 Å². The van der Waals surface area contributed by atoms with Crippen LogP contribution in [0.2, 0.25) is 5.02 Å². The van der Waals surface area contributed by atoms with Gasteiger partial charge in [-0.25, -0.2) is 9.99 Å². The molecule has 3 aromatic rings. The summed E-state index contributed by atoms with van der Waals surface area (Å²) >= 11 is 12.2. The molecule has 1 aliphatic heterocycles. The third kappa shape index (κ3) is 3.84. The highest BCUT2D eigenvalue weighted by atomic mass is 35.5. The normalized spacial score (nSPS) is 17.3. The largest absolute Gasteiger partial charge is 0.504 e. The minimum atomic E-state index is -0.877. The topological polar surface area (TPSA) is 120 Å². The molecule has 4 rings (SSSR count). The number of hydrazine groups is 1. The summed E-state index contributed by atoms with van der Waals surface area (Å²) in [6.45, 7) is 0. The highest BCUT2D eigenvalue weighted by Crippen LogP contribution is 2.41. The first-order valence-electron chi connectivity index (χ1n) is 9.64. The molecule has 0 aliphatic carbocycles. The lowest BCUT2D eigenvalue weighted by Crippen LogP contribution is -2.59. The lowest BCUT2D eigenvalue weighted by molar-refractivity contribution is -0.143. The Hall–Kier alpha value is -3.74. The number of phenolic OH excluding ortho intramolecular Hbond substituents is 1. The van der Waals surface area contributed by atoms with Crippen molar-refractivity contribution in [3.8, 4) is 28.8 Å². The monoisotopic (exact) mass is 485 g/mol. The Bertz CT molecular complexity index is 1350. The Morgan fingerprint density at radius 2 is 1.91 bits per heavy atom. The van der Waals surface area contributed by atoms with E-state index in [1.165, 1.54) is 25.2 Å². The molecule has 1 aromatic heterocycles. The molecule has 2 atom stereocenters. The van der Waals surface area contributed by atoms with Gasteiger partial charge < -0.3 is 9.84 Å². The molecule has 0 spiro atoms. The van der Waals surface area contributed by atoms with Gasteiger partial charge in [0.25, 0.3) is 11.5 Å². The van der Waals surface area contributed by atoms with Crippen LogP contribution in [0.1, 0.15) is 17.2 Å². The zero-order valence-electron chi connectivity index (χ0n) is 17.4. The first-order chi connectivity index (χ1) is 15.8. The first-order valence-corrected chi connectivity index (χ1v) is 10.5. The van der Waals surface area contributed by atoms with Gasteiger partial charge in [-0.3, -0.25) is 19.6 Å². The average molecular weight is 486 g/mol. The molecular formula is C22H17Cl2N5O4. The van der Waals surface area contributed by atoms with E-state index in [1.54, 1.807) is 36.4 Å². The summed E-state index contributed by atoms with van der Waals surface area (Å²) in [6, 6.07) is 12.4. The van der Waals surface area contributed by atoms with Crippen LogP contribution in [0.15, 0.2) is 47.3 Å². The van der Waals surface area contributed by atoms with E-state index in [-0.39, 0.29) is 28.7 Å². The molecule has 1 saturated heterocycles. The van der Waals surface area contributed by atoms with Crippen molar-refractivity contribution in [3.05, 3.63) is 69.0 Å². The Balaban J connectivity index is 1.75. The lowest BCUT2D eigenvalue weighted by Gasteiger charge is -2.44. The molecule has 168 valence electrons. The fourth-order valence-electron chi connectivity index (χ4n) is 3.50. The number of rotatable bonds is 5. The number of carbonyl (C=O) groups excluding carboxylic acids is 1. The molecule has 0 saturated carbocycles. The van der Waals surface area contributed by atoms with Crippen LogP contribution in [0, 0.1) is 11.3 Å². The van der Waals surface area contributed by atoms with Gasteiger partial charge in [0.1, 0.15) is 23.1 Å². The van der Waals surface area contributed by atoms with Gasteiger partial charge in [0.2, 0.25) is 5.95 Å². The van der Waals surface area contributed by atoms with Crippen LogP contribution in [-0.4, -0.2) is 38.1 Å². The number of nitriles is 1. The van der Waals surface area contributed by atoms with Crippen molar-refractivity contribution < 1.29 is 14.6 Å². The number of aromatic nitrogens is 2. The molecule has 9 nitrogen and oxygen atoms in total. The third-order valence-electron chi connectivity index (χ3n) is 5.31.